The van der Waals surface area contributed by atoms with E-state index in [-0.39, 0.29) is 6.42 Å². The number of aliphatic hydroxyl groups excluding tert-OH is 1. The van der Waals surface area contributed by atoms with Crippen LogP contribution in [-0.4, -0.2) is 25.3 Å². The highest BCUT2D eigenvalue weighted by Gasteiger charge is 2.15. The summed E-state index contributed by atoms with van der Waals surface area (Å²) in [5, 5.41) is 22.1. The van der Waals surface area contributed by atoms with E-state index in [9.17, 15) is 5.11 Å². The van der Waals surface area contributed by atoms with Crippen LogP contribution in [0.3, 0.4) is 0 Å². The molecule has 90 valence electrons. The lowest BCUT2D eigenvalue weighted by molar-refractivity contribution is 0.176. The third-order valence-corrected chi connectivity index (χ3v) is 3.07. The zero-order valence-electron chi connectivity index (χ0n) is 9.01. The topological polar surface area (TPSA) is 63.8 Å². The summed E-state index contributed by atoms with van der Waals surface area (Å²) in [5.41, 5.74) is 0.655. The molecule has 0 fully saturated rings. The van der Waals surface area contributed by atoms with Crippen LogP contribution in [-0.2, 0) is 13.5 Å². The fraction of sp³-hybridized carbons (Fsp3) is 0.300. The monoisotopic (exact) mass is 316 g/mol. The fourth-order valence-corrected chi connectivity index (χ4v) is 2.26. The lowest BCUT2D eigenvalue weighted by Gasteiger charge is -2.10. The number of hydrogen-bond acceptors (Lipinski definition) is 4. The quantitative estimate of drug-likeness (QED) is 0.939. The molecule has 1 N–H and O–H groups in total. The van der Waals surface area contributed by atoms with Crippen molar-refractivity contribution in [2.45, 2.75) is 12.5 Å². The summed E-state index contributed by atoms with van der Waals surface area (Å²) in [6.45, 7) is 0. The molecule has 0 amide bonds. The molecule has 0 aliphatic rings. The number of aromatic nitrogens is 4. The normalized spacial score (nSPS) is 12.7. The van der Waals surface area contributed by atoms with Crippen molar-refractivity contribution in [3.8, 4) is 0 Å². The Labute approximate surface area is 112 Å². The molecule has 17 heavy (non-hydrogen) atoms. The highest BCUT2D eigenvalue weighted by atomic mass is 79.9. The molecule has 1 aromatic carbocycles. The number of hydrogen-bond donors (Lipinski definition) is 1. The van der Waals surface area contributed by atoms with Crippen molar-refractivity contribution in [3.63, 3.8) is 0 Å². The zero-order valence-corrected chi connectivity index (χ0v) is 11.4. The number of aryl methyl sites for hydroxylation is 1. The molecular formula is C10H10BrClN4O. The van der Waals surface area contributed by atoms with Crippen LogP contribution >= 0.6 is 27.5 Å². The van der Waals surface area contributed by atoms with Crippen molar-refractivity contribution in [1.82, 2.24) is 20.2 Å². The minimum Gasteiger partial charge on any atom is -0.388 e. The third-order valence-electron chi connectivity index (χ3n) is 2.25. The van der Waals surface area contributed by atoms with E-state index < -0.39 is 6.10 Å². The van der Waals surface area contributed by atoms with Gasteiger partial charge < -0.3 is 5.11 Å². The van der Waals surface area contributed by atoms with Crippen molar-refractivity contribution in [2.75, 3.05) is 0 Å². The molecular weight excluding hydrogens is 307 g/mol. The van der Waals surface area contributed by atoms with Crippen LogP contribution in [0, 0.1) is 0 Å². The second-order valence-electron chi connectivity index (χ2n) is 3.58. The second kappa shape index (κ2) is 5.12. The molecule has 2 aromatic rings. The van der Waals surface area contributed by atoms with Crippen molar-refractivity contribution < 1.29 is 5.11 Å². The third kappa shape index (κ3) is 3.02. The van der Waals surface area contributed by atoms with E-state index >= 15 is 0 Å². The molecule has 0 aliphatic heterocycles. The summed E-state index contributed by atoms with van der Waals surface area (Å²) in [7, 11) is 1.68. The number of halogens is 2. The first-order chi connectivity index (χ1) is 8.06. The molecule has 1 unspecified atom stereocenters. The van der Waals surface area contributed by atoms with Gasteiger partial charge >= 0.3 is 0 Å². The van der Waals surface area contributed by atoms with Crippen molar-refractivity contribution in [1.29, 1.82) is 0 Å². The summed E-state index contributed by atoms with van der Waals surface area (Å²) in [5.74, 6) is 0.485. The molecule has 5 nitrogen and oxygen atoms in total. The summed E-state index contributed by atoms with van der Waals surface area (Å²) >= 11 is 9.36. The predicted molar refractivity (Wildman–Crippen MR) is 66.6 cm³/mol. The Hall–Kier alpha value is -0.980. The van der Waals surface area contributed by atoms with Crippen LogP contribution in [0.1, 0.15) is 17.5 Å². The first-order valence-electron chi connectivity index (χ1n) is 4.92. The van der Waals surface area contributed by atoms with Gasteiger partial charge in [-0.2, -0.15) is 4.80 Å². The largest absolute Gasteiger partial charge is 0.388 e. The molecule has 0 saturated heterocycles. The molecule has 0 aliphatic carbocycles. The first-order valence-corrected chi connectivity index (χ1v) is 6.09. The number of nitrogens with zero attached hydrogens (tertiary/aromatic N) is 4. The van der Waals surface area contributed by atoms with Gasteiger partial charge in [-0.25, -0.2) is 0 Å². The molecule has 0 spiro atoms. The Balaban J connectivity index is 2.17. The lowest BCUT2D eigenvalue weighted by atomic mass is 10.1. The van der Waals surface area contributed by atoms with E-state index in [1.165, 1.54) is 4.80 Å². The zero-order chi connectivity index (χ0) is 12.4. The predicted octanol–water partition coefficient (Wildman–Crippen LogP) is 1.90. The maximum Gasteiger partial charge on any atom is 0.177 e. The van der Waals surface area contributed by atoms with Crippen LogP contribution in [0.2, 0.25) is 5.02 Å². The van der Waals surface area contributed by atoms with Gasteiger partial charge in [0, 0.05) is 15.9 Å². The lowest BCUT2D eigenvalue weighted by Crippen LogP contribution is -2.04. The fourth-order valence-electron chi connectivity index (χ4n) is 1.46. The van der Waals surface area contributed by atoms with Gasteiger partial charge in [0.05, 0.1) is 13.2 Å². The molecule has 2 rings (SSSR count). The molecule has 0 saturated carbocycles. The summed E-state index contributed by atoms with van der Waals surface area (Å²) < 4.78 is 0.871. The number of tetrazole rings is 1. The molecule has 7 heteroatoms. The van der Waals surface area contributed by atoms with Crippen molar-refractivity contribution in [2.24, 2.45) is 7.05 Å². The van der Waals surface area contributed by atoms with Gasteiger partial charge in [0.15, 0.2) is 5.82 Å². The summed E-state index contributed by atoms with van der Waals surface area (Å²) in [6, 6.07) is 5.34. The minimum atomic E-state index is -0.736. The van der Waals surface area contributed by atoms with E-state index in [0.717, 1.165) is 4.47 Å². The van der Waals surface area contributed by atoms with Gasteiger partial charge in [-0.05, 0) is 22.9 Å². The maximum atomic E-state index is 10.0. The van der Waals surface area contributed by atoms with E-state index in [4.69, 9.17) is 11.6 Å². The van der Waals surface area contributed by atoms with Crippen LogP contribution in [0.5, 0.6) is 0 Å². The Morgan fingerprint density at radius 3 is 2.88 bits per heavy atom. The minimum absolute atomic E-state index is 0.287. The smallest absolute Gasteiger partial charge is 0.177 e. The highest BCUT2D eigenvalue weighted by Crippen LogP contribution is 2.27. The Bertz CT molecular complexity index is 531. The molecule has 1 heterocycles. The summed E-state index contributed by atoms with van der Waals surface area (Å²) in [4.78, 5) is 1.35. The highest BCUT2D eigenvalue weighted by molar-refractivity contribution is 9.10. The van der Waals surface area contributed by atoms with Crippen molar-refractivity contribution in [3.05, 3.63) is 39.1 Å². The van der Waals surface area contributed by atoms with Crippen LogP contribution in [0.4, 0.5) is 0 Å². The molecule has 1 atom stereocenters. The second-order valence-corrected chi connectivity index (χ2v) is 4.90. The molecule has 0 radical (unpaired) electrons. The average molecular weight is 318 g/mol. The van der Waals surface area contributed by atoms with Gasteiger partial charge in [0.2, 0.25) is 0 Å². The van der Waals surface area contributed by atoms with Gasteiger partial charge in [0.25, 0.3) is 0 Å². The van der Waals surface area contributed by atoms with Gasteiger partial charge in [-0.3, -0.25) is 0 Å². The Morgan fingerprint density at radius 2 is 2.29 bits per heavy atom. The van der Waals surface area contributed by atoms with Crippen LogP contribution in [0.15, 0.2) is 22.7 Å². The van der Waals surface area contributed by atoms with Gasteiger partial charge in [-0.15, -0.1) is 10.2 Å². The summed E-state index contributed by atoms with van der Waals surface area (Å²) in [6.07, 6.45) is -0.449. The standard InChI is InChI=1S/C10H10BrClN4O/c1-16-14-10(13-15-16)5-9(17)7-3-2-6(11)4-8(7)12/h2-4,9,17H,5H2,1H3. The van der Waals surface area contributed by atoms with E-state index in [1.54, 1.807) is 19.2 Å². The Kier molecular flexibility index (Phi) is 3.76. The van der Waals surface area contributed by atoms with Crippen LogP contribution < -0.4 is 0 Å². The molecule has 0 bridgehead atoms. The number of aliphatic hydroxyl groups is 1. The number of benzene rings is 1. The van der Waals surface area contributed by atoms with E-state index in [0.29, 0.717) is 16.4 Å². The SMILES string of the molecule is Cn1nnc(CC(O)c2ccc(Br)cc2Cl)n1. The van der Waals surface area contributed by atoms with Crippen molar-refractivity contribution >= 4 is 27.5 Å². The number of rotatable bonds is 3. The maximum absolute atomic E-state index is 10.0. The van der Waals surface area contributed by atoms with Gasteiger partial charge in [0.1, 0.15) is 0 Å². The molecule has 1 aromatic heterocycles. The first kappa shape index (κ1) is 12.5. The van der Waals surface area contributed by atoms with E-state index in [2.05, 4.69) is 31.3 Å². The average Bonchev–Trinajstić information content (AvgIpc) is 2.63. The van der Waals surface area contributed by atoms with Gasteiger partial charge in [-0.1, -0.05) is 33.6 Å². The van der Waals surface area contributed by atoms with Crippen LogP contribution in [0.25, 0.3) is 0 Å². The Morgan fingerprint density at radius 1 is 1.53 bits per heavy atom. The van der Waals surface area contributed by atoms with E-state index in [1.807, 2.05) is 6.07 Å².